The Labute approximate surface area is 152 Å². The number of benzene rings is 2. The summed E-state index contributed by atoms with van der Waals surface area (Å²) in [6.45, 7) is 0. The molecular weight excluding hydrogens is 330 g/mol. The first-order chi connectivity index (χ1) is 12.5. The van der Waals surface area contributed by atoms with Crippen molar-refractivity contribution in [1.82, 2.24) is 0 Å². The molecule has 134 valence electrons. The number of aliphatic imine (C=N–C) groups is 1. The maximum Gasteiger partial charge on any atom is 0.280 e. The van der Waals surface area contributed by atoms with E-state index in [-0.39, 0.29) is 5.96 Å². The highest BCUT2D eigenvalue weighted by molar-refractivity contribution is 6.03. The topological polar surface area (TPSA) is 99.9 Å². The zero-order chi connectivity index (χ0) is 18.7. The molecular formula is C20H21N3O3. The van der Waals surface area contributed by atoms with Gasteiger partial charge >= 0.3 is 0 Å². The van der Waals surface area contributed by atoms with Gasteiger partial charge in [0, 0.05) is 17.2 Å². The molecule has 6 nitrogen and oxygen atoms in total. The zero-order valence-electron chi connectivity index (χ0n) is 14.8. The molecule has 26 heavy (non-hydrogen) atoms. The molecule has 0 heterocycles. The second kappa shape index (κ2) is 7.31. The molecule has 3 rings (SSSR count). The summed E-state index contributed by atoms with van der Waals surface area (Å²) in [6, 6.07) is 11.2. The molecule has 0 saturated carbocycles. The molecule has 0 bridgehead atoms. The van der Waals surface area contributed by atoms with E-state index in [1.807, 2.05) is 30.3 Å². The van der Waals surface area contributed by atoms with Gasteiger partial charge in [-0.05, 0) is 53.8 Å². The Kier molecular flexibility index (Phi) is 4.93. The number of fused-ring (bicyclic) bond motifs is 1. The van der Waals surface area contributed by atoms with Gasteiger partial charge in [-0.15, -0.1) is 0 Å². The molecule has 4 N–H and O–H groups in total. The number of amides is 1. The predicted octanol–water partition coefficient (Wildman–Crippen LogP) is 2.50. The van der Waals surface area contributed by atoms with E-state index in [0.29, 0.717) is 11.3 Å². The Balaban J connectivity index is 2.09. The smallest absolute Gasteiger partial charge is 0.280 e. The van der Waals surface area contributed by atoms with Gasteiger partial charge in [-0.25, -0.2) is 0 Å². The van der Waals surface area contributed by atoms with Crippen LogP contribution in [0.5, 0.6) is 11.5 Å². The van der Waals surface area contributed by atoms with E-state index in [4.69, 9.17) is 20.9 Å². The normalized spacial score (nSPS) is 12.6. The summed E-state index contributed by atoms with van der Waals surface area (Å²) in [7, 11) is 3.24. The van der Waals surface area contributed by atoms with Crippen molar-refractivity contribution in [2.75, 3.05) is 14.2 Å². The van der Waals surface area contributed by atoms with Crippen molar-refractivity contribution in [1.29, 1.82) is 0 Å². The van der Waals surface area contributed by atoms with E-state index in [1.54, 1.807) is 20.3 Å². The van der Waals surface area contributed by atoms with Crippen molar-refractivity contribution in [3.8, 4) is 11.5 Å². The third kappa shape index (κ3) is 3.39. The summed E-state index contributed by atoms with van der Waals surface area (Å²) in [5, 5.41) is 0. The van der Waals surface area contributed by atoms with Crippen LogP contribution in [0.1, 0.15) is 33.5 Å². The molecule has 0 spiro atoms. The first-order valence-corrected chi connectivity index (χ1v) is 8.23. The number of nitrogens with zero attached hydrogens (tertiary/aromatic N) is 1. The van der Waals surface area contributed by atoms with Crippen molar-refractivity contribution < 1.29 is 14.3 Å². The molecule has 2 aromatic carbocycles. The summed E-state index contributed by atoms with van der Waals surface area (Å²) in [6.07, 6.45) is 3.98. The van der Waals surface area contributed by atoms with E-state index in [2.05, 4.69) is 11.1 Å². The van der Waals surface area contributed by atoms with Gasteiger partial charge < -0.3 is 20.9 Å². The molecule has 1 aliphatic rings. The Morgan fingerprint density at radius 1 is 1.04 bits per heavy atom. The minimum atomic E-state index is -0.459. The maximum absolute atomic E-state index is 12.2. The number of methoxy groups -OCH3 is 2. The highest BCUT2D eigenvalue weighted by atomic mass is 16.5. The molecule has 0 aromatic heterocycles. The first-order valence-electron chi connectivity index (χ1n) is 8.23. The number of hydrogen-bond donors (Lipinski definition) is 2. The fourth-order valence-electron chi connectivity index (χ4n) is 3.12. The fourth-order valence-corrected chi connectivity index (χ4v) is 3.12. The number of guanidine groups is 1. The van der Waals surface area contributed by atoms with Gasteiger partial charge in [0.25, 0.3) is 5.91 Å². The lowest BCUT2D eigenvalue weighted by molar-refractivity contribution is 0.100. The average molecular weight is 351 g/mol. The van der Waals surface area contributed by atoms with E-state index >= 15 is 0 Å². The number of nitrogens with two attached hydrogens (primary N) is 2. The van der Waals surface area contributed by atoms with Crippen LogP contribution in [0.4, 0.5) is 0 Å². The molecule has 0 fully saturated rings. The number of allylic oxidation sites excluding steroid dienone is 1. The Bertz CT molecular complexity index is 913. The minimum absolute atomic E-state index is 0.250. The molecule has 2 aromatic rings. The predicted molar refractivity (Wildman–Crippen MR) is 102 cm³/mol. The third-order valence-corrected chi connectivity index (χ3v) is 4.34. The number of hydrogen-bond acceptors (Lipinski definition) is 3. The molecule has 6 heteroatoms. The second-order valence-electron chi connectivity index (χ2n) is 5.94. The molecule has 0 atom stereocenters. The Morgan fingerprint density at radius 3 is 2.54 bits per heavy atom. The molecule has 0 radical (unpaired) electrons. The van der Waals surface area contributed by atoms with Crippen LogP contribution in [-0.4, -0.2) is 26.1 Å². The third-order valence-electron chi connectivity index (χ3n) is 4.34. The van der Waals surface area contributed by atoms with Gasteiger partial charge in [0.15, 0.2) is 5.96 Å². The van der Waals surface area contributed by atoms with Crippen molar-refractivity contribution in [2.45, 2.75) is 12.8 Å². The van der Waals surface area contributed by atoms with Crippen LogP contribution in [0.15, 0.2) is 47.5 Å². The largest absolute Gasteiger partial charge is 0.497 e. The highest BCUT2D eigenvalue weighted by Crippen LogP contribution is 2.38. The number of carbonyl (C=O) groups excluding carboxylic acids is 1. The summed E-state index contributed by atoms with van der Waals surface area (Å²) >= 11 is 0. The van der Waals surface area contributed by atoms with Gasteiger partial charge in [0.2, 0.25) is 0 Å². The van der Waals surface area contributed by atoms with Crippen molar-refractivity contribution >= 4 is 17.4 Å². The maximum atomic E-state index is 12.2. The number of rotatable bonds is 4. The SMILES string of the molecule is COc1ccc(C2=CCCc3ccc(C(=O)N=C(N)N)cc32)c(OC)c1. The van der Waals surface area contributed by atoms with E-state index < -0.39 is 5.91 Å². The van der Waals surface area contributed by atoms with E-state index in [0.717, 1.165) is 35.3 Å². The van der Waals surface area contributed by atoms with Gasteiger partial charge in [0.1, 0.15) is 11.5 Å². The summed E-state index contributed by atoms with van der Waals surface area (Å²) < 4.78 is 10.8. The van der Waals surface area contributed by atoms with Crippen LogP contribution in [0.2, 0.25) is 0 Å². The second-order valence-corrected chi connectivity index (χ2v) is 5.94. The summed E-state index contributed by atoms with van der Waals surface area (Å²) in [5.41, 5.74) is 15.2. The lowest BCUT2D eigenvalue weighted by Gasteiger charge is -2.21. The van der Waals surface area contributed by atoms with Crippen molar-refractivity contribution in [2.24, 2.45) is 16.5 Å². The quantitative estimate of drug-likeness (QED) is 0.651. The zero-order valence-corrected chi connectivity index (χ0v) is 14.8. The summed E-state index contributed by atoms with van der Waals surface area (Å²) in [5.74, 6) is 0.725. The number of carbonyl (C=O) groups is 1. The van der Waals surface area contributed by atoms with Gasteiger partial charge in [-0.2, -0.15) is 4.99 Å². The Hall–Kier alpha value is -3.28. The molecule has 0 unspecified atom stereocenters. The number of aryl methyl sites for hydroxylation is 1. The van der Waals surface area contributed by atoms with Crippen LogP contribution in [0, 0.1) is 0 Å². The first kappa shape index (κ1) is 17.5. The minimum Gasteiger partial charge on any atom is -0.497 e. The van der Waals surface area contributed by atoms with E-state index in [9.17, 15) is 4.79 Å². The fraction of sp³-hybridized carbons (Fsp3) is 0.200. The monoisotopic (exact) mass is 351 g/mol. The number of ether oxygens (including phenoxy) is 2. The van der Waals surface area contributed by atoms with Crippen LogP contribution in [0.3, 0.4) is 0 Å². The molecule has 1 aliphatic carbocycles. The Morgan fingerprint density at radius 2 is 1.85 bits per heavy atom. The van der Waals surface area contributed by atoms with Crippen LogP contribution >= 0.6 is 0 Å². The van der Waals surface area contributed by atoms with Crippen molar-refractivity contribution in [3.05, 3.63) is 64.7 Å². The highest BCUT2D eigenvalue weighted by Gasteiger charge is 2.19. The van der Waals surface area contributed by atoms with Crippen LogP contribution in [0.25, 0.3) is 5.57 Å². The lowest BCUT2D eigenvalue weighted by Crippen LogP contribution is -2.24. The molecule has 0 aliphatic heterocycles. The summed E-state index contributed by atoms with van der Waals surface area (Å²) in [4.78, 5) is 15.8. The standard InChI is InChI=1S/C20H21N3O3/c1-25-14-8-9-16(18(11-14)26-2)15-5-3-4-12-6-7-13(10-17(12)15)19(24)23-20(21)22/h5-11H,3-4H2,1-2H3,(H4,21,22,23,24). The van der Waals surface area contributed by atoms with Crippen LogP contribution in [-0.2, 0) is 6.42 Å². The van der Waals surface area contributed by atoms with E-state index in [1.165, 1.54) is 5.56 Å². The van der Waals surface area contributed by atoms with Gasteiger partial charge in [-0.3, -0.25) is 4.79 Å². The molecule has 1 amide bonds. The average Bonchev–Trinajstić information content (AvgIpc) is 2.66. The van der Waals surface area contributed by atoms with Crippen LogP contribution < -0.4 is 20.9 Å². The van der Waals surface area contributed by atoms with Crippen molar-refractivity contribution in [3.63, 3.8) is 0 Å². The molecule has 0 saturated heterocycles. The van der Waals surface area contributed by atoms with Gasteiger partial charge in [0.05, 0.1) is 14.2 Å². The lowest BCUT2D eigenvalue weighted by atomic mass is 9.85. The van der Waals surface area contributed by atoms with Gasteiger partial charge in [-0.1, -0.05) is 12.1 Å².